The fourth-order valence-electron chi connectivity index (χ4n) is 2.13. The molecule has 0 spiro atoms. The minimum atomic E-state index is -0.0742. The van der Waals surface area contributed by atoms with E-state index in [0.717, 1.165) is 19.6 Å². The molecule has 0 aliphatic carbocycles. The van der Waals surface area contributed by atoms with Gasteiger partial charge in [-0.05, 0) is 37.9 Å². The van der Waals surface area contributed by atoms with Crippen molar-refractivity contribution in [3.63, 3.8) is 0 Å². The third-order valence-corrected chi connectivity index (χ3v) is 3.15. The van der Waals surface area contributed by atoms with Crippen LogP contribution in [-0.4, -0.2) is 35.3 Å². The van der Waals surface area contributed by atoms with Crippen LogP contribution in [0, 0.1) is 5.92 Å². The van der Waals surface area contributed by atoms with Crippen LogP contribution in [0.15, 0.2) is 12.3 Å². The van der Waals surface area contributed by atoms with Gasteiger partial charge in [0.2, 0.25) is 0 Å². The van der Waals surface area contributed by atoms with Gasteiger partial charge in [-0.15, -0.1) is 0 Å². The maximum absolute atomic E-state index is 11.8. The molecule has 1 atom stereocenters. The molecule has 5 nitrogen and oxygen atoms in total. The fraction of sp³-hybridized carbons (Fsp3) is 0.667. The molecule has 0 bridgehead atoms. The van der Waals surface area contributed by atoms with Crippen molar-refractivity contribution in [2.75, 3.05) is 19.6 Å². The number of aromatic nitrogens is 2. The SMILES string of the molecule is Cn1ccc(C(=O)NCC2CCCCNC2)n1. The van der Waals surface area contributed by atoms with Crippen LogP contribution in [0.25, 0.3) is 0 Å². The first-order valence-electron chi connectivity index (χ1n) is 6.24. The van der Waals surface area contributed by atoms with Crippen LogP contribution in [-0.2, 0) is 7.05 Å². The summed E-state index contributed by atoms with van der Waals surface area (Å²) in [7, 11) is 1.81. The summed E-state index contributed by atoms with van der Waals surface area (Å²) in [6, 6.07) is 1.74. The Morgan fingerprint density at radius 1 is 1.65 bits per heavy atom. The van der Waals surface area contributed by atoms with Gasteiger partial charge in [-0.1, -0.05) is 6.42 Å². The number of aryl methyl sites for hydroxylation is 1. The Bertz CT molecular complexity index is 366. The van der Waals surface area contributed by atoms with E-state index in [1.54, 1.807) is 16.9 Å². The van der Waals surface area contributed by atoms with E-state index in [0.29, 0.717) is 11.6 Å². The van der Waals surface area contributed by atoms with Crippen molar-refractivity contribution < 1.29 is 4.79 Å². The monoisotopic (exact) mass is 236 g/mol. The molecule has 17 heavy (non-hydrogen) atoms. The van der Waals surface area contributed by atoms with Gasteiger partial charge < -0.3 is 10.6 Å². The van der Waals surface area contributed by atoms with Crippen molar-refractivity contribution in [2.24, 2.45) is 13.0 Å². The molecule has 1 fully saturated rings. The molecule has 1 aliphatic rings. The Morgan fingerprint density at radius 3 is 3.29 bits per heavy atom. The zero-order valence-corrected chi connectivity index (χ0v) is 10.3. The Kier molecular flexibility index (Phi) is 4.14. The Hall–Kier alpha value is -1.36. The largest absolute Gasteiger partial charge is 0.350 e. The zero-order valence-electron chi connectivity index (χ0n) is 10.3. The topological polar surface area (TPSA) is 59.0 Å². The van der Waals surface area contributed by atoms with Gasteiger partial charge in [0.05, 0.1) is 0 Å². The molecule has 1 saturated heterocycles. The van der Waals surface area contributed by atoms with E-state index in [2.05, 4.69) is 15.7 Å². The quantitative estimate of drug-likeness (QED) is 0.805. The molecule has 1 aromatic rings. The summed E-state index contributed by atoms with van der Waals surface area (Å²) < 4.78 is 1.64. The molecule has 2 N–H and O–H groups in total. The number of hydrogen-bond acceptors (Lipinski definition) is 3. The normalized spacial score (nSPS) is 20.9. The van der Waals surface area contributed by atoms with E-state index >= 15 is 0 Å². The number of rotatable bonds is 3. The van der Waals surface area contributed by atoms with Crippen LogP contribution in [0.1, 0.15) is 29.8 Å². The summed E-state index contributed by atoms with van der Waals surface area (Å²) in [6.45, 7) is 2.84. The molecule has 0 aromatic carbocycles. The molecule has 2 rings (SSSR count). The maximum Gasteiger partial charge on any atom is 0.271 e. The van der Waals surface area contributed by atoms with Crippen LogP contribution < -0.4 is 10.6 Å². The third-order valence-electron chi connectivity index (χ3n) is 3.15. The molecular formula is C12H20N4O. The molecule has 2 heterocycles. The summed E-state index contributed by atoms with van der Waals surface area (Å²) in [5.74, 6) is 0.472. The summed E-state index contributed by atoms with van der Waals surface area (Å²) >= 11 is 0. The van der Waals surface area contributed by atoms with Gasteiger partial charge in [-0.2, -0.15) is 5.10 Å². The van der Waals surface area contributed by atoms with E-state index in [1.165, 1.54) is 19.3 Å². The molecule has 1 unspecified atom stereocenters. The lowest BCUT2D eigenvalue weighted by Crippen LogP contribution is -2.33. The van der Waals surface area contributed by atoms with Gasteiger partial charge >= 0.3 is 0 Å². The molecule has 1 aromatic heterocycles. The van der Waals surface area contributed by atoms with Gasteiger partial charge in [-0.25, -0.2) is 0 Å². The van der Waals surface area contributed by atoms with Crippen molar-refractivity contribution >= 4 is 5.91 Å². The van der Waals surface area contributed by atoms with Crippen LogP contribution in [0.4, 0.5) is 0 Å². The van der Waals surface area contributed by atoms with Gasteiger partial charge in [0.1, 0.15) is 5.69 Å². The summed E-state index contributed by atoms with van der Waals surface area (Å²) in [5.41, 5.74) is 0.495. The van der Waals surface area contributed by atoms with Crippen LogP contribution >= 0.6 is 0 Å². The average molecular weight is 236 g/mol. The van der Waals surface area contributed by atoms with Gasteiger partial charge in [0.15, 0.2) is 0 Å². The first-order valence-corrected chi connectivity index (χ1v) is 6.24. The lowest BCUT2D eigenvalue weighted by Gasteiger charge is -2.14. The van der Waals surface area contributed by atoms with Crippen molar-refractivity contribution in [1.29, 1.82) is 0 Å². The summed E-state index contributed by atoms with van der Waals surface area (Å²) in [4.78, 5) is 11.8. The highest BCUT2D eigenvalue weighted by Crippen LogP contribution is 2.10. The maximum atomic E-state index is 11.8. The van der Waals surface area contributed by atoms with Crippen LogP contribution in [0.5, 0.6) is 0 Å². The Labute approximate surface area is 102 Å². The predicted octanol–water partition coefficient (Wildman–Crippen LogP) is 0.540. The second-order valence-corrected chi connectivity index (χ2v) is 4.65. The standard InChI is InChI=1S/C12H20N4O/c1-16-7-5-11(15-16)12(17)14-9-10-4-2-3-6-13-8-10/h5,7,10,13H,2-4,6,8-9H2,1H3,(H,14,17). The second-order valence-electron chi connectivity index (χ2n) is 4.65. The second kappa shape index (κ2) is 5.82. The van der Waals surface area contributed by atoms with Crippen LogP contribution in [0.3, 0.4) is 0 Å². The van der Waals surface area contributed by atoms with E-state index in [-0.39, 0.29) is 5.91 Å². The minimum absolute atomic E-state index is 0.0742. The molecule has 0 saturated carbocycles. The van der Waals surface area contributed by atoms with E-state index in [4.69, 9.17) is 0 Å². The number of hydrogen-bond donors (Lipinski definition) is 2. The van der Waals surface area contributed by atoms with Crippen LogP contribution in [0.2, 0.25) is 0 Å². The number of carbonyl (C=O) groups excluding carboxylic acids is 1. The number of amides is 1. The van der Waals surface area contributed by atoms with Crippen molar-refractivity contribution in [3.8, 4) is 0 Å². The van der Waals surface area contributed by atoms with Crippen molar-refractivity contribution in [3.05, 3.63) is 18.0 Å². The third kappa shape index (κ3) is 3.56. The molecule has 1 amide bonds. The molecule has 0 radical (unpaired) electrons. The Morgan fingerprint density at radius 2 is 2.53 bits per heavy atom. The Balaban J connectivity index is 1.79. The predicted molar refractivity (Wildman–Crippen MR) is 65.8 cm³/mol. The smallest absolute Gasteiger partial charge is 0.271 e. The first-order chi connectivity index (χ1) is 8.25. The lowest BCUT2D eigenvalue weighted by atomic mass is 10.0. The van der Waals surface area contributed by atoms with E-state index in [9.17, 15) is 4.79 Å². The molecular weight excluding hydrogens is 216 g/mol. The lowest BCUT2D eigenvalue weighted by molar-refractivity contribution is 0.0941. The van der Waals surface area contributed by atoms with Crippen molar-refractivity contribution in [1.82, 2.24) is 20.4 Å². The number of carbonyl (C=O) groups is 1. The number of nitrogens with zero attached hydrogens (tertiary/aromatic N) is 2. The molecule has 94 valence electrons. The van der Waals surface area contributed by atoms with Gasteiger partial charge in [0, 0.05) is 19.8 Å². The van der Waals surface area contributed by atoms with Gasteiger partial charge in [-0.3, -0.25) is 9.48 Å². The van der Waals surface area contributed by atoms with Crippen molar-refractivity contribution in [2.45, 2.75) is 19.3 Å². The van der Waals surface area contributed by atoms with Gasteiger partial charge in [0.25, 0.3) is 5.91 Å². The first kappa shape index (κ1) is 12.1. The summed E-state index contributed by atoms with van der Waals surface area (Å²) in [6.07, 6.45) is 5.46. The number of nitrogens with one attached hydrogen (secondary N) is 2. The van der Waals surface area contributed by atoms with E-state index in [1.807, 2.05) is 7.05 Å². The highest BCUT2D eigenvalue weighted by atomic mass is 16.1. The highest BCUT2D eigenvalue weighted by Gasteiger charge is 2.14. The average Bonchev–Trinajstić information content (AvgIpc) is 2.61. The minimum Gasteiger partial charge on any atom is -0.350 e. The highest BCUT2D eigenvalue weighted by molar-refractivity contribution is 5.92. The molecule has 5 heteroatoms. The summed E-state index contributed by atoms with van der Waals surface area (Å²) in [5, 5.41) is 10.4. The zero-order chi connectivity index (χ0) is 12.1. The fourth-order valence-corrected chi connectivity index (χ4v) is 2.13. The van der Waals surface area contributed by atoms with E-state index < -0.39 is 0 Å². The molecule has 1 aliphatic heterocycles.